The van der Waals surface area contributed by atoms with E-state index in [1.54, 1.807) is 0 Å². The van der Waals surface area contributed by atoms with Crippen LogP contribution < -0.4 is 0 Å². The predicted molar refractivity (Wildman–Crippen MR) is 220 cm³/mol. The van der Waals surface area contributed by atoms with Gasteiger partial charge in [-0.15, -0.1) is 11.3 Å². The second-order valence-corrected chi connectivity index (χ2v) is 16.7. The van der Waals surface area contributed by atoms with Crippen LogP contribution in [0.15, 0.2) is 146 Å². The van der Waals surface area contributed by atoms with Crippen LogP contribution in [0, 0.1) is 0 Å². The summed E-state index contributed by atoms with van der Waals surface area (Å²) in [4.78, 5) is 0. The molecule has 0 saturated heterocycles. The van der Waals surface area contributed by atoms with Gasteiger partial charge in [-0.25, -0.2) is 0 Å². The Kier molecular flexibility index (Phi) is 5.77. The number of thiophene rings is 1. The first-order valence-electron chi connectivity index (χ1n) is 18.1. The molecule has 0 spiro atoms. The van der Waals surface area contributed by atoms with Gasteiger partial charge >= 0.3 is 0 Å². The lowest BCUT2D eigenvalue weighted by Gasteiger charge is -2.24. The van der Waals surface area contributed by atoms with Crippen molar-refractivity contribution in [2.75, 3.05) is 0 Å². The highest BCUT2D eigenvalue weighted by atomic mass is 32.1. The van der Waals surface area contributed by atoms with Crippen LogP contribution in [-0.4, -0.2) is 0 Å². The first-order valence-corrected chi connectivity index (χ1v) is 18.9. The molecule has 242 valence electrons. The van der Waals surface area contributed by atoms with Crippen LogP contribution in [0.3, 0.4) is 0 Å². The number of rotatable bonds is 2. The Balaban J connectivity index is 1.15. The van der Waals surface area contributed by atoms with Crippen LogP contribution in [0.4, 0.5) is 0 Å². The lowest BCUT2D eigenvalue weighted by Crippen LogP contribution is -2.16. The van der Waals surface area contributed by atoms with Gasteiger partial charge < -0.3 is 0 Å². The molecule has 9 aromatic rings. The number of fused-ring (bicyclic) bond motifs is 11. The van der Waals surface area contributed by atoms with Gasteiger partial charge in [-0.3, -0.25) is 0 Å². The summed E-state index contributed by atoms with van der Waals surface area (Å²) >= 11 is 1.89. The van der Waals surface area contributed by atoms with Crippen molar-refractivity contribution in [3.8, 4) is 44.5 Å². The quantitative estimate of drug-likeness (QED) is 0.161. The molecule has 2 aliphatic carbocycles. The lowest BCUT2D eigenvalue weighted by atomic mass is 9.79. The van der Waals surface area contributed by atoms with Crippen molar-refractivity contribution < 1.29 is 0 Å². The van der Waals surface area contributed by atoms with Crippen LogP contribution in [0.25, 0.3) is 86.2 Å². The monoisotopic (exact) mass is 668 g/mol. The fourth-order valence-corrected chi connectivity index (χ4v) is 10.9. The molecule has 0 N–H and O–H groups in total. The minimum Gasteiger partial charge on any atom is -0.135 e. The first kappa shape index (κ1) is 29.3. The Hall–Kier alpha value is -5.50. The van der Waals surface area contributed by atoms with Gasteiger partial charge in [-0.1, -0.05) is 143 Å². The Bertz CT molecular complexity index is 2910. The van der Waals surface area contributed by atoms with Crippen LogP contribution >= 0.6 is 11.3 Å². The van der Waals surface area contributed by atoms with Crippen molar-refractivity contribution in [2.24, 2.45) is 0 Å². The van der Waals surface area contributed by atoms with Crippen molar-refractivity contribution in [2.45, 2.75) is 38.5 Å². The fraction of sp³-hybridized carbons (Fsp3) is 0.120. The summed E-state index contributed by atoms with van der Waals surface area (Å²) in [5.41, 5.74) is 16.3. The smallest absolute Gasteiger partial charge is 0.0361 e. The minimum absolute atomic E-state index is 0.0352. The van der Waals surface area contributed by atoms with Crippen LogP contribution in [0.5, 0.6) is 0 Å². The molecule has 0 bridgehead atoms. The van der Waals surface area contributed by atoms with Gasteiger partial charge in [-0.05, 0) is 119 Å². The van der Waals surface area contributed by atoms with E-state index in [0.717, 1.165) is 0 Å². The lowest BCUT2D eigenvalue weighted by molar-refractivity contribution is 0.652. The normalized spacial score (nSPS) is 15.0. The van der Waals surface area contributed by atoms with E-state index < -0.39 is 0 Å². The van der Waals surface area contributed by atoms with Crippen molar-refractivity contribution >= 4 is 53.1 Å². The zero-order chi connectivity index (χ0) is 34.2. The summed E-state index contributed by atoms with van der Waals surface area (Å²) in [6.45, 7) is 9.59. The molecule has 0 aliphatic heterocycles. The molecule has 51 heavy (non-hydrogen) atoms. The molecule has 0 saturated carbocycles. The maximum atomic E-state index is 2.53. The molecule has 0 unspecified atom stereocenters. The minimum atomic E-state index is -0.0842. The summed E-state index contributed by atoms with van der Waals surface area (Å²) in [6, 6.07) is 55.3. The highest BCUT2D eigenvalue weighted by Gasteiger charge is 2.41. The summed E-state index contributed by atoms with van der Waals surface area (Å²) in [5.74, 6) is 0. The average Bonchev–Trinajstić information content (AvgIpc) is 3.72. The van der Waals surface area contributed by atoms with Gasteiger partial charge in [0.1, 0.15) is 0 Å². The van der Waals surface area contributed by atoms with E-state index >= 15 is 0 Å². The standard InChI is InChI=1S/C50H36S/c1-49(2)41-19-11-9-13-31(41)39-27-44-40(28-43(39)49)38-25-29(22-24-42(38)50(44,3)4)47-34-15-5-7-17-36(34)48(37-18-8-6-16-35(37)47)30-21-23-33-32-14-10-12-20-45(32)51-46(33)26-30/h5-28H,1-4H3. The first-order chi connectivity index (χ1) is 24.8. The molecule has 0 fully saturated rings. The Morgan fingerprint density at radius 2 is 0.784 bits per heavy atom. The topological polar surface area (TPSA) is 0 Å². The molecule has 1 heterocycles. The maximum absolute atomic E-state index is 2.53. The summed E-state index contributed by atoms with van der Waals surface area (Å²) in [7, 11) is 0. The van der Waals surface area contributed by atoms with Crippen LogP contribution in [0.1, 0.15) is 49.9 Å². The Morgan fingerprint density at radius 1 is 0.333 bits per heavy atom. The third-order valence-corrected chi connectivity index (χ3v) is 13.4. The predicted octanol–water partition coefficient (Wildman–Crippen LogP) is 14.3. The Morgan fingerprint density at radius 3 is 1.43 bits per heavy atom. The highest BCUT2D eigenvalue weighted by Crippen LogP contribution is 2.57. The molecule has 11 rings (SSSR count). The molecule has 1 heteroatoms. The van der Waals surface area contributed by atoms with E-state index in [4.69, 9.17) is 0 Å². The summed E-state index contributed by atoms with van der Waals surface area (Å²) < 4.78 is 2.68. The van der Waals surface area contributed by atoms with Gasteiger partial charge in [0.25, 0.3) is 0 Å². The number of hydrogen-bond donors (Lipinski definition) is 0. The van der Waals surface area contributed by atoms with Gasteiger partial charge in [-0.2, -0.15) is 0 Å². The van der Waals surface area contributed by atoms with E-state index in [2.05, 4.69) is 173 Å². The molecular formula is C50H36S. The molecule has 8 aromatic carbocycles. The maximum Gasteiger partial charge on any atom is 0.0361 e. The van der Waals surface area contributed by atoms with E-state index in [-0.39, 0.29) is 10.8 Å². The molecule has 0 atom stereocenters. The van der Waals surface area contributed by atoms with Crippen LogP contribution in [0.2, 0.25) is 0 Å². The highest BCUT2D eigenvalue weighted by molar-refractivity contribution is 7.25. The van der Waals surface area contributed by atoms with E-state index in [0.29, 0.717) is 0 Å². The van der Waals surface area contributed by atoms with E-state index in [9.17, 15) is 0 Å². The summed E-state index contributed by atoms with van der Waals surface area (Å²) in [6.07, 6.45) is 0. The van der Waals surface area contributed by atoms with Crippen molar-refractivity contribution in [3.05, 3.63) is 168 Å². The molecule has 0 nitrogen and oxygen atoms in total. The zero-order valence-corrected chi connectivity index (χ0v) is 30.1. The summed E-state index contributed by atoms with van der Waals surface area (Å²) in [5, 5.41) is 7.86. The average molecular weight is 669 g/mol. The zero-order valence-electron chi connectivity index (χ0n) is 29.3. The molecule has 1 aromatic heterocycles. The molecular weight excluding hydrogens is 633 g/mol. The van der Waals surface area contributed by atoms with Crippen LogP contribution in [-0.2, 0) is 10.8 Å². The third-order valence-electron chi connectivity index (χ3n) is 12.3. The van der Waals surface area contributed by atoms with Gasteiger partial charge in [0.05, 0.1) is 0 Å². The third kappa shape index (κ3) is 3.85. The number of benzene rings is 8. The van der Waals surface area contributed by atoms with Gasteiger partial charge in [0, 0.05) is 31.0 Å². The fourth-order valence-electron chi connectivity index (χ4n) is 9.73. The molecule has 0 radical (unpaired) electrons. The van der Waals surface area contributed by atoms with E-state index in [1.807, 2.05) is 11.3 Å². The van der Waals surface area contributed by atoms with Crippen molar-refractivity contribution in [3.63, 3.8) is 0 Å². The van der Waals surface area contributed by atoms with E-state index in [1.165, 1.54) is 108 Å². The number of hydrogen-bond acceptors (Lipinski definition) is 1. The van der Waals surface area contributed by atoms with Gasteiger partial charge in [0.15, 0.2) is 0 Å². The molecule has 0 amide bonds. The largest absolute Gasteiger partial charge is 0.135 e. The van der Waals surface area contributed by atoms with Crippen molar-refractivity contribution in [1.29, 1.82) is 0 Å². The Labute approximate surface area is 302 Å². The van der Waals surface area contributed by atoms with Gasteiger partial charge in [0.2, 0.25) is 0 Å². The van der Waals surface area contributed by atoms with Crippen molar-refractivity contribution in [1.82, 2.24) is 0 Å². The molecule has 2 aliphatic rings. The second kappa shape index (κ2) is 10.1. The SMILES string of the molecule is CC1(C)c2ccccc2-c2cc3c(cc21)-c1cc(-c2c4ccccc4c(-c4ccc5c(c4)sc4ccccc45)c4ccccc24)ccc1C3(C)C. The second-order valence-electron chi connectivity index (χ2n) is 15.6.